The fourth-order valence-corrected chi connectivity index (χ4v) is 2.72. The molecule has 0 fully saturated rings. The molecule has 0 aliphatic rings. The Morgan fingerprint density at radius 2 is 1.25 bits per heavy atom. The lowest BCUT2D eigenvalue weighted by Crippen LogP contribution is -1.89. The highest BCUT2D eigenvalue weighted by Crippen LogP contribution is 2.19. The Morgan fingerprint density at radius 1 is 0.750 bits per heavy atom. The van der Waals surface area contributed by atoms with Crippen molar-refractivity contribution in [2.24, 2.45) is 14.1 Å². The van der Waals surface area contributed by atoms with Crippen LogP contribution in [0.5, 0.6) is 5.75 Å². The number of aryl methyl sites for hydroxylation is 5. The molecule has 4 aromatic rings. The fourth-order valence-electron chi connectivity index (χ4n) is 2.72. The minimum atomic E-state index is 0.283. The number of nitrogens with zero attached hydrogens (tertiary/aromatic N) is 4. The van der Waals surface area contributed by atoms with E-state index < -0.39 is 0 Å². The maximum Gasteiger partial charge on any atom is 0.117 e. The second kappa shape index (κ2) is 6.00. The fraction of sp³-hybridized carbons (Fsp3) is 0.263. The van der Waals surface area contributed by atoms with E-state index in [1.165, 1.54) is 11.1 Å². The molecule has 5 nitrogen and oxygen atoms in total. The molecule has 0 unspecified atom stereocenters. The maximum absolute atomic E-state index is 9.22. The third-order valence-corrected chi connectivity index (χ3v) is 4.35. The molecule has 124 valence electrons. The highest BCUT2D eigenvalue weighted by atomic mass is 16.3. The number of hydrogen-bond donors (Lipinski definition) is 1. The van der Waals surface area contributed by atoms with Crippen LogP contribution >= 0.6 is 0 Å². The number of hydrogen-bond acceptors (Lipinski definition) is 3. The van der Waals surface area contributed by atoms with Crippen LogP contribution < -0.4 is 0 Å². The predicted molar refractivity (Wildman–Crippen MR) is 97.3 cm³/mol. The van der Waals surface area contributed by atoms with Gasteiger partial charge in [-0.15, -0.1) is 0 Å². The summed E-state index contributed by atoms with van der Waals surface area (Å²) in [7, 11) is 3.98. The number of phenolic OH excluding ortho intramolecular Hbond substituents is 1. The smallest absolute Gasteiger partial charge is 0.117 e. The van der Waals surface area contributed by atoms with Crippen LogP contribution in [0.1, 0.15) is 17.2 Å². The van der Waals surface area contributed by atoms with Crippen LogP contribution in [0.3, 0.4) is 0 Å². The topological polar surface area (TPSA) is 55.9 Å². The molecule has 0 aliphatic heterocycles. The Bertz CT molecular complexity index is 943. The van der Waals surface area contributed by atoms with Crippen LogP contribution in [0, 0.1) is 20.8 Å². The Labute approximate surface area is 141 Å². The van der Waals surface area contributed by atoms with Crippen molar-refractivity contribution in [2.75, 3.05) is 0 Å². The second-order valence-electron chi connectivity index (χ2n) is 6.10. The zero-order valence-electron chi connectivity index (χ0n) is 14.7. The van der Waals surface area contributed by atoms with Crippen LogP contribution in [-0.2, 0) is 14.1 Å². The summed E-state index contributed by atoms with van der Waals surface area (Å²) < 4.78 is 4.07. The summed E-state index contributed by atoms with van der Waals surface area (Å²) in [4.78, 5) is 8.72. The largest absolute Gasteiger partial charge is 0.508 e. The standard InChI is InChI=1S/C10H12N2.C9H10N2O/c1-7-4-5-9-10(6-7)12(3)8(2)11-9;1-6-10-8-4-3-7(12)5-9(8)11(6)2/h4-6H,1-3H3;3-5,12H,1-2H3. The molecule has 0 saturated heterocycles. The maximum atomic E-state index is 9.22. The van der Waals surface area contributed by atoms with Crippen molar-refractivity contribution in [1.29, 1.82) is 0 Å². The number of fused-ring (bicyclic) bond motifs is 2. The van der Waals surface area contributed by atoms with Crippen molar-refractivity contribution >= 4 is 22.1 Å². The van der Waals surface area contributed by atoms with Crippen molar-refractivity contribution in [2.45, 2.75) is 20.8 Å². The number of phenols is 1. The normalized spacial score (nSPS) is 10.9. The Kier molecular flexibility index (Phi) is 4.01. The van der Waals surface area contributed by atoms with Gasteiger partial charge in [-0.25, -0.2) is 9.97 Å². The summed E-state index contributed by atoms with van der Waals surface area (Å²) in [6, 6.07) is 11.5. The lowest BCUT2D eigenvalue weighted by Gasteiger charge is -1.96. The molecular formula is C19H22N4O. The van der Waals surface area contributed by atoms with E-state index in [9.17, 15) is 5.11 Å². The Hall–Kier alpha value is -2.82. The molecule has 0 radical (unpaired) electrons. The Balaban J connectivity index is 0.000000141. The monoisotopic (exact) mass is 322 g/mol. The number of aromatic nitrogens is 4. The molecule has 0 bridgehead atoms. The first-order valence-corrected chi connectivity index (χ1v) is 7.88. The summed E-state index contributed by atoms with van der Waals surface area (Å²) in [5.74, 6) is 2.30. The zero-order valence-corrected chi connectivity index (χ0v) is 14.7. The SMILES string of the molecule is Cc1ccc2nc(C)n(C)c2c1.Cc1nc2ccc(O)cc2n1C. The van der Waals surface area contributed by atoms with Gasteiger partial charge in [0.05, 0.1) is 22.1 Å². The summed E-state index contributed by atoms with van der Waals surface area (Å²) in [5, 5.41) is 9.22. The van der Waals surface area contributed by atoms with Crippen molar-refractivity contribution < 1.29 is 5.11 Å². The van der Waals surface area contributed by atoms with E-state index in [0.29, 0.717) is 0 Å². The third-order valence-electron chi connectivity index (χ3n) is 4.35. The van der Waals surface area contributed by atoms with Gasteiger partial charge in [0, 0.05) is 20.2 Å². The molecule has 0 spiro atoms. The predicted octanol–water partition coefficient (Wildman–Crippen LogP) is 3.78. The van der Waals surface area contributed by atoms with Gasteiger partial charge in [0.2, 0.25) is 0 Å². The van der Waals surface area contributed by atoms with Gasteiger partial charge in [0.1, 0.15) is 17.4 Å². The molecule has 2 aromatic carbocycles. The van der Waals surface area contributed by atoms with Crippen molar-refractivity contribution in [3.8, 4) is 5.75 Å². The first-order chi connectivity index (χ1) is 11.4. The van der Waals surface area contributed by atoms with E-state index in [2.05, 4.69) is 39.7 Å². The molecule has 1 N–H and O–H groups in total. The van der Waals surface area contributed by atoms with Crippen molar-refractivity contribution in [3.63, 3.8) is 0 Å². The number of imidazole rings is 2. The molecule has 5 heteroatoms. The van der Waals surface area contributed by atoms with E-state index >= 15 is 0 Å². The molecule has 24 heavy (non-hydrogen) atoms. The quantitative estimate of drug-likeness (QED) is 0.536. The number of aromatic hydroxyl groups is 1. The molecule has 0 aliphatic carbocycles. The summed E-state index contributed by atoms with van der Waals surface area (Å²) >= 11 is 0. The van der Waals surface area contributed by atoms with Gasteiger partial charge in [-0.2, -0.15) is 0 Å². The first kappa shape index (κ1) is 16.1. The summed E-state index contributed by atoms with van der Waals surface area (Å²) in [6.07, 6.45) is 0. The minimum absolute atomic E-state index is 0.283. The minimum Gasteiger partial charge on any atom is -0.508 e. The van der Waals surface area contributed by atoms with Gasteiger partial charge < -0.3 is 14.2 Å². The molecule has 2 heterocycles. The van der Waals surface area contributed by atoms with Crippen molar-refractivity contribution in [3.05, 3.63) is 53.6 Å². The Morgan fingerprint density at radius 3 is 1.83 bits per heavy atom. The van der Waals surface area contributed by atoms with Gasteiger partial charge in [0.15, 0.2) is 0 Å². The lowest BCUT2D eigenvalue weighted by atomic mass is 10.2. The van der Waals surface area contributed by atoms with E-state index in [1.807, 2.05) is 38.6 Å². The third kappa shape index (κ3) is 2.85. The van der Waals surface area contributed by atoms with E-state index in [4.69, 9.17) is 0 Å². The second-order valence-corrected chi connectivity index (χ2v) is 6.10. The van der Waals surface area contributed by atoms with E-state index in [0.717, 1.165) is 28.2 Å². The van der Waals surface area contributed by atoms with Crippen LogP contribution in [0.4, 0.5) is 0 Å². The van der Waals surface area contributed by atoms with Gasteiger partial charge in [0.25, 0.3) is 0 Å². The molecule has 0 amide bonds. The first-order valence-electron chi connectivity index (χ1n) is 7.88. The van der Waals surface area contributed by atoms with Gasteiger partial charge >= 0.3 is 0 Å². The van der Waals surface area contributed by atoms with Crippen LogP contribution in [-0.4, -0.2) is 24.2 Å². The molecule has 0 atom stereocenters. The van der Waals surface area contributed by atoms with Crippen molar-refractivity contribution in [1.82, 2.24) is 19.1 Å². The molecule has 4 rings (SSSR count). The number of benzene rings is 2. The highest BCUT2D eigenvalue weighted by molar-refractivity contribution is 5.77. The van der Waals surface area contributed by atoms with Crippen LogP contribution in [0.25, 0.3) is 22.1 Å². The van der Waals surface area contributed by atoms with Gasteiger partial charge in [-0.1, -0.05) is 6.07 Å². The molecule has 0 saturated carbocycles. The van der Waals surface area contributed by atoms with E-state index in [1.54, 1.807) is 12.1 Å². The van der Waals surface area contributed by atoms with Gasteiger partial charge in [-0.05, 0) is 50.6 Å². The number of rotatable bonds is 0. The summed E-state index contributed by atoms with van der Waals surface area (Å²) in [6.45, 7) is 6.06. The molecular weight excluding hydrogens is 300 g/mol. The van der Waals surface area contributed by atoms with Crippen LogP contribution in [0.15, 0.2) is 36.4 Å². The zero-order chi connectivity index (χ0) is 17.4. The van der Waals surface area contributed by atoms with E-state index in [-0.39, 0.29) is 5.75 Å². The van der Waals surface area contributed by atoms with Crippen LogP contribution in [0.2, 0.25) is 0 Å². The average Bonchev–Trinajstić information content (AvgIpc) is 2.99. The highest BCUT2D eigenvalue weighted by Gasteiger charge is 2.03. The average molecular weight is 322 g/mol. The summed E-state index contributed by atoms with van der Waals surface area (Å²) in [5.41, 5.74) is 5.47. The molecule has 2 aromatic heterocycles. The lowest BCUT2D eigenvalue weighted by molar-refractivity contribution is 0.476. The van der Waals surface area contributed by atoms with Gasteiger partial charge in [-0.3, -0.25) is 0 Å².